The molecule has 0 aliphatic heterocycles. The summed E-state index contributed by atoms with van der Waals surface area (Å²) in [5.74, 6) is 5.47. The standard InChI is InChI=1S/C15H14ClN3O/c1-19-10-12(16)9-14(19)15(20)18-13-6-2-4-11(8-13)5-3-7-17/h2,4,6,8-10H,7,17H2,1H3,(H,18,20). The van der Waals surface area contributed by atoms with E-state index in [1.807, 2.05) is 12.1 Å². The first-order chi connectivity index (χ1) is 9.60. The second-order valence-electron chi connectivity index (χ2n) is 4.20. The summed E-state index contributed by atoms with van der Waals surface area (Å²) in [6, 6.07) is 8.90. The van der Waals surface area contributed by atoms with Gasteiger partial charge >= 0.3 is 0 Å². The van der Waals surface area contributed by atoms with E-state index in [9.17, 15) is 4.79 Å². The summed E-state index contributed by atoms with van der Waals surface area (Å²) >= 11 is 5.86. The number of carbonyl (C=O) groups is 1. The van der Waals surface area contributed by atoms with Gasteiger partial charge in [0.1, 0.15) is 5.69 Å². The Hall–Kier alpha value is -2.22. The van der Waals surface area contributed by atoms with E-state index in [1.165, 1.54) is 0 Å². The van der Waals surface area contributed by atoms with Crippen molar-refractivity contribution in [3.63, 3.8) is 0 Å². The largest absolute Gasteiger partial charge is 0.345 e. The Bertz CT molecular complexity index is 695. The number of amides is 1. The number of anilines is 1. The zero-order valence-corrected chi connectivity index (χ0v) is 11.7. The van der Waals surface area contributed by atoms with Crippen molar-refractivity contribution in [3.05, 3.63) is 52.8 Å². The highest BCUT2D eigenvalue weighted by Gasteiger charge is 2.11. The molecule has 0 aliphatic rings. The number of hydrogen-bond acceptors (Lipinski definition) is 2. The molecule has 3 N–H and O–H groups in total. The highest BCUT2D eigenvalue weighted by molar-refractivity contribution is 6.31. The third-order valence-corrected chi connectivity index (χ3v) is 2.87. The smallest absolute Gasteiger partial charge is 0.272 e. The zero-order chi connectivity index (χ0) is 14.5. The molecule has 0 radical (unpaired) electrons. The quantitative estimate of drug-likeness (QED) is 0.832. The zero-order valence-electron chi connectivity index (χ0n) is 11.0. The fourth-order valence-corrected chi connectivity index (χ4v) is 2.02. The number of rotatable bonds is 2. The molecule has 1 aromatic carbocycles. The highest BCUT2D eigenvalue weighted by Crippen LogP contribution is 2.15. The molecule has 0 unspecified atom stereocenters. The van der Waals surface area contributed by atoms with Crippen LogP contribution < -0.4 is 11.1 Å². The van der Waals surface area contributed by atoms with Crippen LogP contribution in [0.1, 0.15) is 16.1 Å². The van der Waals surface area contributed by atoms with E-state index in [-0.39, 0.29) is 5.91 Å². The van der Waals surface area contributed by atoms with Gasteiger partial charge < -0.3 is 15.6 Å². The Labute approximate surface area is 122 Å². The lowest BCUT2D eigenvalue weighted by atomic mass is 10.2. The number of benzene rings is 1. The number of aryl methyl sites for hydroxylation is 1. The lowest BCUT2D eigenvalue weighted by molar-refractivity contribution is 0.101. The molecule has 0 saturated carbocycles. The monoisotopic (exact) mass is 287 g/mol. The van der Waals surface area contributed by atoms with Crippen LogP contribution in [-0.2, 0) is 7.05 Å². The Morgan fingerprint density at radius 2 is 2.25 bits per heavy atom. The second-order valence-corrected chi connectivity index (χ2v) is 4.63. The average molecular weight is 288 g/mol. The van der Waals surface area contributed by atoms with Crippen molar-refractivity contribution in [2.75, 3.05) is 11.9 Å². The van der Waals surface area contributed by atoms with E-state index in [0.717, 1.165) is 5.56 Å². The summed E-state index contributed by atoms with van der Waals surface area (Å²) in [6.45, 7) is 0.304. The molecular formula is C15H14ClN3O. The maximum atomic E-state index is 12.1. The number of nitrogens with two attached hydrogens (primary N) is 1. The van der Waals surface area contributed by atoms with Gasteiger partial charge in [-0.3, -0.25) is 4.79 Å². The fourth-order valence-electron chi connectivity index (χ4n) is 1.77. The molecule has 1 amide bonds. The predicted molar refractivity (Wildman–Crippen MR) is 80.8 cm³/mol. The summed E-state index contributed by atoms with van der Waals surface area (Å²) in [4.78, 5) is 12.1. The normalized spacial score (nSPS) is 9.75. The van der Waals surface area contributed by atoms with E-state index in [0.29, 0.717) is 22.9 Å². The molecule has 102 valence electrons. The summed E-state index contributed by atoms with van der Waals surface area (Å²) in [6.07, 6.45) is 1.68. The van der Waals surface area contributed by atoms with Crippen LogP contribution >= 0.6 is 11.6 Å². The van der Waals surface area contributed by atoms with E-state index in [2.05, 4.69) is 17.2 Å². The van der Waals surface area contributed by atoms with Gasteiger partial charge in [-0.1, -0.05) is 29.5 Å². The fraction of sp³-hybridized carbons (Fsp3) is 0.133. The molecule has 2 rings (SSSR count). The molecule has 4 nitrogen and oxygen atoms in total. The van der Waals surface area contributed by atoms with Crippen LogP contribution in [0.25, 0.3) is 0 Å². The maximum Gasteiger partial charge on any atom is 0.272 e. The third-order valence-electron chi connectivity index (χ3n) is 2.66. The average Bonchev–Trinajstić information content (AvgIpc) is 2.76. The topological polar surface area (TPSA) is 60.0 Å². The van der Waals surface area contributed by atoms with Crippen molar-refractivity contribution >= 4 is 23.2 Å². The van der Waals surface area contributed by atoms with Gasteiger partial charge in [-0.25, -0.2) is 0 Å². The van der Waals surface area contributed by atoms with Crippen molar-refractivity contribution in [1.82, 2.24) is 4.57 Å². The minimum Gasteiger partial charge on any atom is -0.345 e. The van der Waals surface area contributed by atoms with Crippen molar-refractivity contribution in [1.29, 1.82) is 0 Å². The van der Waals surface area contributed by atoms with Crippen molar-refractivity contribution in [3.8, 4) is 11.8 Å². The van der Waals surface area contributed by atoms with E-state index >= 15 is 0 Å². The SMILES string of the molecule is Cn1cc(Cl)cc1C(=O)Nc1cccc(C#CCN)c1. The Balaban J connectivity index is 2.17. The van der Waals surface area contributed by atoms with Gasteiger partial charge in [0.15, 0.2) is 0 Å². The van der Waals surface area contributed by atoms with E-state index < -0.39 is 0 Å². The molecule has 0 aliphatic carbocycles. The van der Waals surface area contributed by atoms with Crippen LogP contribution in [0.5, 0.6) is 0 Å². The van der Waals surface area contributed by atoms with Gasteiger partial charge in [0.05, 0.1) is 11.6 Å². The Kier molecular flexibility index (Phi) is 4.46. The van der Waals surface area contributed by atoms with Crippen LogP contribution in [0.2, 0.25) is 5.02 Å². The molecule has 0 spiro atoms. The lowest BCUT2D eigenvalue weighted by Gasteiger charge is -2.06. The minimum absolute atomic E-state index is 0.219. The summed E-state index contributed by atoms with van der Waals surface area (Å²) in [5, 5.41) is 3.34. The first-order valence-corrected chi connectivity index (χ1v) is 6.40. The second kappa shape index (κ2) is 6.29. The maximum absolute atomic E-state index is 12.1. The van der Waals surface area contributed by atoms with Crippen LogP contribution in [-0.4, -0.2) is 17.0 Å². The van der Waals surface area contributed by atoms with Gasteiger partial charge in [-0.15, -0.1) is 0 Å². The molecular weight excluding hydrogens is 274 g/mol. The number of halogens is 1. The number of nitrogens with one attached hydrogen (secondary N) is 1. The predicted octanol–water partition coefficient (Wildman–Crippen LogP) is 2.24. The summed E-state index contributed by atoms with van der Waals surface area (Å²) < 4.78 is 1.68. The third kappa shape index (κ3) is 3.41. The van der Waals surface area contributed by atoms with E-state index in [4.69, 9.17) is 17.3 Å². The number of aromatic nitrogens is 1. The minimum atomic E-state index is -0.219. The molecule has 1 aromatic heterocycles. The summed E-state index contributed by atoms with van der Waals surface area (Å²) in [5.41, 5.74) is 7.31. The molecule has 0 saturated heterocycles. The van der Waals surface area contributed by atoms with Crippen LogP contribution in [0.3, 0.4) is 0 Å². The highest BCUT2D eigenvalue weighted by atomic mass is 35.5. The molecule has 5 heteroatoms. The first kappa shape index (κ1) is 14.2. The van der Waals surface area contributed by atoms with Gasteiger partial charge in [-0.05, 0) is 24.3 Å². The number of nitrogens with zero attached hydrogens (tertiary/aromatic N) is 1. The molecule has 0 bridgehead atoms. The number of hydrogen-bond donors (Lipinski definition) is 2. The molecule has 1 heterocycles. The van der Waals surface area contributed by atoms with E-state index in [1.54, 1.807) is 36.0 Å². The van der Waals surface area contributed by atoms with Gasteiger partial charge in [-0.2, -0.15) is 0 Å². The number of carbonyl (C=O) groups excluding carboxylic acids is 1. The molecule has 2 aromatic rings. The summed E-state index contributed by atoms with van der Waals surface area (Å²) in [7, 11) is 1.77. The Morgan fingerprint density at radius 1 is 1.45 bits per heavy atom. The Morgan fingerprint density at radius 3 is 2.90 bits per heavy atom. The lowest BCUT2D eigenvalue weighted by Crippen LogP contribution is -2.15. The van der Waals surface area contributed by atoms with Crippen molar-refractivity contribution in [2.45, 2.75) is 0 Å². The molecule has 20 heavy (non-hydrogen) atoms. The van der Waals surface area contributed by atoms with Crippen LogP contribution in [0, 0.1) is 11.8 Å². The van der Waals surface area contributed by atoms with Crippen molar-refractivity contribution < 1.29 is 4.79 Å². The first-order valence-electron chi connectivity index (χ1n) is 6.02. The van der Waals surface area contributed by atoms with Crippen molar-refractivity contribution in [2.24, 2.45) is 12.8 Å². The van der Waals surface area contributed by atoms with Crippen LogP contribution in [0.15, 0.2) is 36.5 Å². The molecule has 0 fully saturated rings. The molecule has 0 atom stereocenters. The van der Waals surface area contributed by atoms with Crippen LogP contribution in [0.4, 0.5) is 5.69 Å². The van der Waals surface area contributed by atoms with Gasteiger partial charge in [0.25, 0.3) is 5.91 Å². The van der Waals surface area contributed by atoms with Gasteiger partial charge in [0.2, 0.25) is 0 Å². The van der Waals surface area contributed by atoms with Gasteiger partial charge in [0, 0.05) is 24.5 Å².